The minimum atomic E-state index is -0.664. The Morgan fingerprint density at radius 2 is 2.24 bits per heavy atom. The molecule has 0 aliphatic rings. The maximum atomic E-state index is 14.1. The van der Waals surface area contributed by atoms with Gasteiger partial charge in [-0.15, -0.1) is 0 Å². The second kappa shape index (κ2) is 5.06. The third kappa shape index (κ3) is 2.21. The van der Waals surface area contributed by atoms with Gasteiger partial charge in [0.1, 0.15) is 17.5 Å². The van der Waals surface area contributed by atoms with Gasteiger partial charge in [0.25, 0.3) is 0 Å². The maximum Gasteiger partial charge on any atom is 0.174 e. The van der Waals surface area contributed by atoms with E-state index in [1.54, 1.807) is 12.3 Å². The van der Waals surface area contributed by atoms with E-state index in [0.717, 1.165) is 0 Å². The Labute approximate surface area is 118 Å². The number of aromatic amines is 1. The number of rotatable bonds is 3. The molecule has 1 N–H and O–H groups in total. The highest BCUT2D eigenvalue weighted by Crippen LogP contribution is 2.33. The number of pyridine rings is 1. The molecule has 102 valence electrons. The first-order valence-electron chi connectivity index (χ1n) is 6.01. The molecular formula is C15H8FN3O2. The number of carbonyl (C=O) groups is 1. The quantitative estimate of drug-likeness (QED) is 0.748. The van der Waals surface area contributed by atoms with E-state index in [4.69, 9.17) is 10.00 Å². The largest absolute Gasteiger partial charge is 0.453 e. The number of hydrogen-bond donors (Lipinski definition) is 1. The normalized spacial score (nSPS) is 10.3. The molecule has 1 aromatic carbocycles. The van der Waals surface area contributed by atoms with E-state index in [1.165, 1.54) is 24.4 Å². The van der Waals surface area contributed by atoms with Gasteiger partial charge < -0.3 is 9.72 Å². The summed E-state index contributed by atoms with van der Waals surface area (Å²) in [6, 6.07) is 7.63. The fraction of sp³-hybridized carbons (Fsp3) is 0. The van der Waals surface area contributed by atoms with Crippen LogP contribution in [0.5, 0.6) is 11.5 Å². The van der Waals surface area contributed by atoms with Gasteiger partial charge in [-0.05, 0) is 12.1 Å². The molecule has 0 amide bonds. The van der Waals surface area contributed by atoms with Gasteiger partial charge in [-0.1, -0.05) is 0 Å². The number of ether oxygens (including phenoxy) is 1. The van der Waals surface area contributed by atoms with Crippen molar-refractivity contribution < 1.29 is 13.9 Å². The minimum absolute atomic E-state index is 0.113. The topological polar surface area (TPSA) is 78.8 Å². The molecule has 2 aromatic heterocycles. The molecule has 0 atom stereocenters. The number of fused-ring (bicyclic) bond motifs is 1. The molecule has 0 radical (unpaired) electrons. The standard InChI is InChI=1S/C15H8FN3O2/c16-13-6-14-11(2-4-19-14)12(8-20)15(13)21-10-1-3-18-9(5-10)7-17/h1-6,8,19H. The van der Waals surface area contributed by atoms with Gasteiger partial charge in [0.2, 0.25) is 0 Å². The fourth-order valence-corrected chi connectivity index (χ4v) is 2.05. The summed E-state index contributed by atoms with van der Waals surface area (Å²) < 4.78 is 19.6. The molecule has 0 saturated carbocycles. The molecule has 0 bridgehead atoms. The minimum Gasteiger partial charge on any atom is -0.453 e. The Balaban J connectivity index is 2.13. The van der Waals surface area contributed by atoms with Crippen LogP contribution >= 0.6 is 0 Å². The molecule has 0 fully saturated rings. The number of H-pyrrole nitrogens is 1. The lowest BCUT2D eigenvalue weighted by Gasteiger charge is -2.10. The van der Waals surface area contributed by atoms with E-state index in [1.807, 2.05) is 6.07 Å². The summed E-state index contributed by atoms with van der Waals surface area (Å²) in [5.41, 5.74) is 0.763. The smallest absolute Gasteiger partial charge is 0.174 e. The molecule has 0 saturated heterocycles. The Bertz CT molecular complexity index is 880. The SMILES string of the molecule is N#Cc1cc(Oc2c(F)cc3[nH]ccc3c2C=O)ccn1. The highest BCUT2D eigenvalue weighted by molar-refractivity contribution is 6.00. The first-order chi connectivity index (χ1) is 10.2. The van der Waals surface area contributed by atoms with Crippen molar-refractivity contribution in [3.05, 3.63) is 53.7 Å². The number of nitriles is 1. The molecular weight excluding hydrogens is 273 g/mol. The van der Waals surface area contributed by atoms with E-state index in [-0.39, 0.29) is 22.8 Å². The highest BCUT2D eigenvalue weighted by Gasteiger charge is 2.16. The number of benzene rings is 1. The second-order valence-electron chi connectivity index (χ2n) is 4.25. The van der Waals surface area contributed by atoms with Crippen LogP contribution in [-0.4, -0.2) is 16.3 Å². The molecule has 0 unspecified atom stereocenters. The highest BCUT2D eigenvalue weighted by atomic mass is 19.1. The number of nitrogens with zero attached hydrogens (tertiary/aromatic N) is 2. The summed E-state index contributed by atoms with van der Waals surface area (Å²) in [5, 5.41) is 9.36. The molecule has 3 rings (SSSR count). The third-order valence-electron chi connectivity index (χ3n) is 2.99. The number of aldehydes is 1. The zero-order chi connectivity index (χ0) is 14.8. The molecule has 3 aromatic rings. The van der Waals surface area contributed by atoms with Crippen molar-refractivity contribution >= 4 is 17.2 Å². The maximum absolute atomic E-state index is 14.1. The van der Waals surface area contributed by atoms with Gasteiger partial charge in [0.15, 0.2) is 17.9 Å². The van der Waals surface area contributed by atoms with E-state index in [9.17, 15) is 9.18 Å². The fourth-order valence-electron chi connectivity index (χ4n) is 2.05. The summed E-state index contributed by atoms with van der Waals surface area (Å²) in [4.78, 5) is 17.9. The molecule has 21 heavy (non-hydrogen) atoms. The van der Waals surface area contributed by atoms with Crippen molar-refractivity contribution in [2.45, 2.75) is 0 Å². The van der Waals surface area contributed by atoms with Gasteiger partial charge in [-0.3, -0.25) is 4.79 Å². The van der Waals surface area contributed by atoms with Crippen LogP contribution in [0.25, 0.3) is 10.9 Å². The van der Waals surface area contributed by atoms with Crippen LogP contribution in [0.4, 0.5) is 4.39 Å². The lowest BCUT2D eigenvalue weighted by Crippen LogP contribution is -1.96. The molecule has 5 nitrogen and oxygen atoms in total. The van der Waals surface area contributed by atoms with Crippen LogP contribution in [0.15, 0.2) is 36.7 Å². The summed E-state index contributed by atoms with van der Waals surface area (Å²) in [6.07, 6.45) is 3.53. The van der Waals surface area contributed by atoms with Crippen molar-refractivity contribution in [2.75, 3.05) is 0 Å². The predicted molar refractivity (Wildman–Crippen MR) is 72.7 cm³/mol. The Kier molecular flexibility index (Phi) is 3.09. The van der Waals surface area contributed by atoms with Crippen molar-refractivity contribution in [2.24, 2.45) is 0 Å². The number of hydrogen-bond acceptors (Lipinski definition) is 4. The van der Waals surface area contributed by atoms with E-state index in [0.29, 0.717) is 17.2 Å². The molecule has 2 heterocycles. The van der Waals surface area contributed by atoms with E-state index < -0.39 is 5.82 Å². The molecule has 6 heteroatoms. The van der Waals surface area contributed by atoms with Gasteiger partial charge in [0.05, 0.1) is 5.56 Å². The van der Waals surface area contributed by atoms with Crippen LogP contribution in [0.3, 0.4) is 0 Å². The average Bonchev–Trinajstić information content (AvgIpc) is 2.96. The molecule has 0 aliphatic carbocycles. The Morgan fingerprint density at radius 1 is 1.38 bits per heavy atom. The van der Waals surface area contributed by atoms with Crippen LogP contribution in [0.2, 0.25) is 0 Å². The van der Waals surface area contributed by atoms with Crippen molar-refractivity contribution in [1.82, 2.24) is 9.97 Å². The van der Waals surface area contributed by atoms with E-state index in [2.05, 4.69) is 9.97 Å². The van der Waals surface area contributed by atoms with E-state index >= 15 is 0 Å². The Hall–Kier alpha value is -3.20. The zero-order valence-corrected chi connectivity index (χ0v) is 10.6. The van der Waals surface area contributed by atoms with Gasteiger partial charge in [-0.25, -0.2) is 9.37 Å². The zero-order valence-electron chi connectivity index (χ0n) is 10.6. The number of aromatic nitrogens is 2. The van der Waals surface area contributed by atoms with Crippen molar-refractivity contribution in [3.63, 3.8) is 0 Å². The third-order valence-corrected chi connectivity index (χ3v) is 2.99. The van der Waals surface area contributed by atoms with Gasteiger partial charge >= 0.3 is 0 Å². The lowest BCUT2D eigenvalue weighted by atomic mass is 10.1. The lowest BCUT2D eigenvalue weighted by molar-refractivity contribution is 0.112. The van der Waals surface area contributed by atoms with Crippen LogP contribution in [0.1, 0.15) is 16.1 Å². The monoisotopic (exact) mass is 281 g/mol. The predicted octanol–water partition coefficient (Wildman–Crippen LogP) is 3.18. The summed E-state index contributed by atoms with van der Waals surface area (Å²) in [6.45, 7) is 0. The molecule has 0 aliphatic heterocycles. The van der Waals surface area contributed by atoms with Crippen LogP contribution < -0.4 is 4.74 Å². The number of carbonyl (C=O) groups excluding carboxylic acids is 1. The summed E-state index contributed by atoms with van der Waals surface area (Å²) in [5.74, 6) is -0.604. The number of halogens is 1. The molecule has 0 spiro atoms. The van der Waals surface area contributed by atoms with Gasteiger partial charge in [0, 0.05) is 35.4 Å². The van der Waals surface area contributed by atoms with Crippen LogP contribution in [-0.2, 0) is 0 Å². The first kappa shape index (κ1) is 12.8. The first-order valence-corrected chi connectivity index (χ1v) is 6.01. The van der Waals surface area contributed by atoms with Crippen molar-refractivity contribution in [3.8, 4) is 17.6 Å². The van der Waals surface area contributed by atoms with Crippen molar-refractivity contribution in [1.29, 1.82) is 5.26 Å². The second-order valence-corrected chi connectivity index (χ2v) is 4.25. The summed E-state index contributed by atoms with van der Waals surface area (Å²) >= 11 is 0. The van der Waals surface area contributed by atoms with Gasteiger partial charge in [-0.2, -0.15) is 5.26 Å². The Morgan fingerprint density at radius 3 is 3.00 bits per heavy atom. The number of nitrogens with one attached hydrogen (secondary N) is 1. The average molecular weight is 281 g/mol. The summed E-state index contributed by atoms with van der Waals surface area (Å²) in [7, 11) is 0. The van der Waals surface area contributed by atoms with Crippen LogP contribution in [0, 0.1) is 17.1 Å².